The van der Waals surface area contributed by atoms with Crippen molar-refractivity contribution in [3.8, 4) is 0 Å². The van der Waals surface area contributed by atoms with Crippen LogP contribution < -0.4 is 5.73 Å². The molecule has 0 aliphatic carbocycles. The molecule has 2 atom stereocenters. The molecule has 18 heavy (non-hydrogen) atoms. The molecule has 0 radical (unpaired) electrons. The van der Waals surface area contributed by atoms with Crippen molar-refractivity contribution in [2.24, 2.45) is 11.1 Å². The first-order chi connectivity index (χ1) is 8.24. The molecule has 0 aliphatic rings. The Balaban J connectivity index is 2.86. The highest BCUT2D eigenvalue weighted by Crippen LogP contribution is 2.31. The number of aryl methyl sites for hydroxylation is 2. The maximum atomic E-state index is 9.53. The quantitative estimate of drug-likeness (QED) is 0.824. The average Bonchev–Trinajstić information content (AvgIpc) is 2.22. The Bertz CT molecular complexity index is 381. The van der Waals surface area contributed by atoms with Crippen LogP contribution in [0.15, 0.2) is 17.2 Å². The fourth-order valence-electron chi connectivity index (χ4n) is 1.80. The number of nitrogens with two attached hydrogens (primary N) is 1. The van der Waals surface area contributed by atoms with Gasteiger partial charge in [-0.05, 0) is 37.0 Å². The molecule has 3 N–H and O–H groups in total. The number of pyridine rings is 1. The second kappa shape index (κ2) is 6.04. The maximum Gasteiger partial charge on any atom is 0.0969 e. The Labute approximate surface area is 114 Å². The van der Waals surface area contributed by atoms with Gasteiger partial charge in [0.1, 0.15) is 0 Å². The van der Waals surface area contributed by atoms with Crippen LogP contribution in [0.3, 0.4) is 0 Å². The number of aromatic nitrogens is 1. The molecule has 4 heteroatoms. The van der Waals surface area contributed by atoms with Crippen molar-refractivity contribution in [3.05, 3.63) is 23.4 Å². The standard InChI is InChI=1S/C14H24N2OS/c1-9-6-10(2)16-12(7-9)18-11(8-17)13(15)14(3,4)5/h6-7,11,13,17H,8,15H2,1-5H3. The summed E-state index contributed by atoms with van der Waals surface area (Å²) in [6.07, 6.45) is 0. The van der Waals surface area contributed by atoms with Crippen LogP contribution in [0.4, 0.5) is 0 Å². The van der Waals surface area contributed by atoms with Crippen LogP contribution in [-0.2, 0) is 0 Å². The number of rotatable bonds is 4. The van der Waals surface area contributed by atoms with E-state index in [0.717, 1.165) is 10.7 Å². The fraction of sp³-hybridized carbons (Fsp3) is 0.643. The fourth-order valence-corrected chi connectivity index (χ4v) is 3.19. The smallest absolute Gasteiger partial charge is 0.0969 e. The lowest BCUT2D eigenvalue weighted by molar-refractivity contribution is 0.233. The summed E-state index contributed by atoms with van der Waals surface area (Å²) >= 11 is 1.57. The largest absolute Gasteiger partial charge is 0.395 e. The molecule has 0 amide bonds. The molecule has 1 aromatic heterocycles. The van der Waals surface area contributed by atoms with Gasteiger partial charge in [-0.15, -0.1) is 0 Å². The summed E-state index contributed by atoms with van der Waals surface area (Å²) in [7, 11) is 0. The van der Waals surface area contributed by atoms with Crippen LogP contribution in [0, 0.1) is 19.3 Å². The van der Waals surface area contributed by atoms with Crippen molar-refractivity contribution < 1.29 is 5.11 Å². The highest BCUT2D eigenvalue weighted by molar-refractivity contribution is 8.00. The zero-order valence-corrected chi connectivity index (χ0v) is 12.7. The number of hydrogen-bond donors (Lipinski definition) is 2. The van der Waals surface area contributed by atoms with E-state index >= 15 is 0 Å². The van der Waals surface area contributed by atoms with Crippen LogP contribution in [0.25, 0.3) is 0 Å². The SMILES string of the molecule is Cc1cc(C)nc(SC(CO)C(N)C(C)(C)C)c1. The molecule has 0 bridgehead atoms. The van der Waals surface area contributed by atoms with E-state index in [1.807, 2.05) is 19.1 Å². The zero-order chi connectivity index (χ0) is 13.9. The Morgan fingerprint density at radius 2 is 1.94 bits per heavy atom. The van der Waals surface area contributed by atoms with Crippen molar-refractivity contribution >= 4 is 11.8 Å². The lowest BCUT2D eigenvalue weighted by Gasteiger charge is -2.32. The van der Waals surface area contributed by atoms with Gasteiger partial charge in [0.15, 0.2) is 0 Å². The summed E-state index contributed by atoms with van der Waals surface area (Å²) in [5.41, 5.74) is 8.38. The number of nitrogens with zero attached hydrogens (tertiary/aromatic N) is 1. The van der Waals surface area contributed by atoms with Crippen LogP contribution in [0.5, 0.6) is 0 Å². The topological polar surface area (TPSA) is 59.1 Å². The van der Waals surface area contributed by atoms with Crippen molar-refractivity contribution in [2.75, 3.05) is 6.61 Å². The molecule has 0 fully saturated rings. The first-order valence-corrected chi connectivity index (χ1v) is 7.10. The molecule has 0 aromatic carbocycles. The van der Waals surface area contributed by atoms with Crippen molar-refractivity contribution in [1.82, 2.24) is 4.98 Å². The first kappa shape index (κ1) is 15.5. The van der Waals surface area contributed by atoms with Gasteiger partial charge in [0.2, 0.25) is 0 Å². The molecule has 0 spiro atoms. The summed E-state index contributed by atoms with van der Waals surface area (Å²) in [5, 5.41) is 10.4. The number of thioether (sulfide) groups is 1. The third kappa shape index (κ3) is 4.26. The van der Waals surface area contributed by atoms with Gasteiger partial charge in [-0.1, -0.05) is 32.5 Å². The molecule has 1 aromatic rings. The minimum atomic E-state index is -0.0740. The summed E-state index contributed by atoms with van der Waals surface area (Å²) in [5.74, 6) is 0. The molecule has 3 nitrogen and oxygen atoms in total. The minimum Gasteiger partial charge on any atom is -0.395 e. The monoisotopic (exact) mass is 268 g/mol. The summed E-state index contributed by atoms with van der Waals surface area (Å²) in [4.78, 5) is 4.48. The molecule has 0 aliphatic heterocycles. The Morgan fingerprint density at radius 3 is 2.39 bits per heavy atom. The van der Waals surface area contributed by atoms with E-state index in [1.165, 1.54) is 5.56 Å². The Kier molecular flexibility index (Phi) is 5.20. The predicted octanol–water partition coefficient (Wildman–Crippen LogP) is 2.52. The second-order valence-corrected chi connectivity index (χ2v) is 7.11. The molecule has 1 rings (SSSR count). The van der Waals surface area contributed by atoms with Gasteiger partial charge < -0.3 is 10.8 Å². The highest BCUT2D eigenvalue weighted by atomic mass is 32.2. The minimum absolute atomic E-state index is 0.0285. The van der Waals surface area contributed by atoms with E-state index in [1.54, 1.807) is 11.8 Å². The van der Waals surface area contributed by atoms with Crippen LogP contribution in [0.1, 0.15) is 32.0 Å². The van der Waals surface area contributed by atoms with E-state index in [-0.39, 0.29) is 23.3 Å². The van der Waals surface area contributed by atoms with E-state index in [9.17, 15) is 5.11 Å². The van der Waals surface area contributed by atoms with E-state index < -0.39 is 0 Å². The van der Waals surface area contributed by atoms with Crippen molar-refractivity contribution in [1.29, 1.82) is 0 Å². The normalized spacial score (nSPS) is 15.5. The van der Waals surface area contributed by atoms with Gasteiger partial charge in [0.25, 0.3) is 0 Å². The maximum absolute atomic E-state index is 9.53. The van der Waals surface area contributed by atoms with Gasteiger partial charge >= 0.3 is 0 Å². The second-order valence-electron chi connectivity index (χ2n) is 5.85. The van der Waals surface area contributed by atoms with Crippen molar-refractivity contribution in [3.63, 3.8) is 0 Å². The third-order valence-electron chi connectivity index (χ3n) is 2.93. The highest BCUT2D eigenvalue weighted by Gasteiger charge is 2.29. The molecule has 102 valence electrons. The number of aliphatic hydroxyl groups excluding tert-OH is 1. The summed E-state index contributed by atoms with van der Waals surface area (Å²) in [6.45, 7) is 10.4. The van der Waals surface area contributed by atoms with Gasteiger partial charge in [0.05, 0.1) is 11.6 Å². The van der Waals surface area contributed by atoms with E-state index in [4.69, 9.17) is 5.73 Å². The predicted molar refractivity (Wildman–Crippen MR) is 77.9 cm³/mol. The van der Waals surface area contributed by atoms with Crippen LogP contribution in [-0.4, -0.2) is 28.0 Å². The van der Waals surface area contributed by atoms with Crippen LogP contribution in [0.2, 0.25) is 0 Å². The van der Waals surface area contributed by atoms with Crippen molar-refractivity contribution in [2.45, 2.75) is 50.9 Å². The summed E-state index contributed by atoms with van der Waals surface area (Å²) < 4.78 is 0. The Morgan fingerprint density at radius 1 is 1.33 bits per heavy atom. The molecule has 0 saturated heterocycles. The average molecular weight is 268 g/mol. The number of hydrogen-bond acceptors (Lipinski definition) is 4. The van der Waals surface area contributed by atoms with Gasteiger partial charge in [-0.3, -0.25) is 0 Å². The Hall–Kier alpha value is -0.580. The lowest BCUT2D eigenvalue weighted by Crippen LogP contribution is -2.45. The zero-order valence-electron chi connectivity index (χ0n) is 11.9. The van der Waals surface area contributed by atoms with Crippen LogP contribution >= 0.6 is 11.8 Å². The molecular weight excluding hydrogens is 244 g/mol. The van der Waals surface area contributed by atoms with Gasteiger partial charge in [0, 0.05) is 17.0 Å². The molecule has 1 heterocycles. The van der Waals surface area contributed by atoms with E-state index in [2.05, 4.69) is 32.7 Å². The molecular formula is C14H24N2OS. The third-order valence-corrected chi connectivity index (χ3v) is 4.12. The van der Waals surface area contributed by atoms with E-state index in [0.29, 0.717) is 0 Å². The van der Waals surface area contributed by atoms with Gasteiger partial charge in [-0.25, -0.2) is 4.98 Å². The molecule has 2 unspecified atom stereocenters. The summed E-state index contributed by atoms with van der Waals surface area (Å²) in [6, 6.07) is 4.01. The lowest BCUT2D eigenvalue weighted by atomic mass is 9.85. The first-order valence-electron chi connectivity index (χ1n) is 6.22. The van der Waals surface area contributed by atoms with Gasteiger partial charge in [-0.2, -0.15) is 0 Å². The number of aliphatic hydroxyl groups is 1. The molecule has 0 saturated carbocycles.